The minimum Gasteiger partial charge on any atom is -0.457 e. The van der Waals surface area contributed by atoms with Gasteiger partial charge < -0.3 is 18.6 Å². The summed E-state index contributed by atoms with van der Waals surface area (Å²) in [5.41, 5.74) is 14.9. The summed E-state index contributed by atoms with van der Waals surface area (Å²) in [5, 5.41) is 7.02. The first-order valence-corrected chi connectivity index (χ1v) is 21.6. The van der Waals surface area contributed by atoms with E-state index >= 15 is 0 Å². The van der Waals surface area contributed by atoms with Crippen LogP contribution < -0.4 is 9.64 Å². The zero-order valence-electron chi connectivity index (χ0n) is 34.0. The molecule has 12 aromatic rings. The normalized spacial score (nSPS) is 14.9. The molecule has 1 aliphatic carbocycles. The molecule has 294 valence electrons. The van der Waals surface area contributed by atoms with Gasteiger partial charge in [-0.05, 0) is 99.8 Å². The maximum atomic E-state index is 7.14. The fourth-order valence-electron chi connectivity index (χ4n) is 11.1. The second-order valence-electron chi connectivity index (χ2n) is 16.8. The van der Waals surface area contributed by atoms with Crippen LogP contribution in [0.5, 0.6) is 11.5 Å². The van der Waals surface area contributed by atoms with Crippen LogP contribution in [0.25, 0.3) is 71.3 Å². The van der Waals surface area contributed by atoms with E-state index in [4.69, 9.17) is 9.15 Å². The minimum atomic E-state index is -0.628. The van der Waals surface area contributed by atoms with Crippen LogP contribution in [0.3, 0.4) is 0 Å². The summed E-state index contributed by atoms with van der Waals surface area (Å²) in [7, 11) is 0. The summed E-state index contributed by atoms with van der Waals surface area (Å²) < 4.78 is 16.0. The summed E-state index contributed by atoms with van der Waals surface area (Å²) in [4.78, 5) is 2.39. The number of para-hydroxylation sites is 4. The van der Waals surface area contributed by atoms with E-state index < -0.39 is 5.41 Å². The van der Waals surface area contributed by atoms with E-state index in [1.807, 2.05) is 6.07 Å². The Balaban J connectivity index is 1.06. The third-order valence-electron chi connectivity index (χ3n) is 13.6. The number of furan rings is 1. The average Bonchev–Trinajstić information content (AvgIpc) is 3.89. The molecule has 2 aliphatic rings. The van der Waals surface area contributed by atoms with Gasteiger partial charge in [-0.3, -0.25) is 0 Å². The molecule has 0 radical (unpaired) electrons. The molecular formula is C59H36N2O2. The first-order valence-electron chi connectivity index (χ1n) is 21.6. The smallest absolute Gasteiger partial charge is 0.137 e. The Morgan fingerprint density at radius 2 is 1.05 bits per heavy atom. The number of benzene rings is 10. The van der Waals surface area contributed by atoms with Crippen molar-refractivity contribution < 1.29 is 9.15 Å². The number of fused-ring (bicyclic) bond motifs is 14. The van der Waals surface area contributed by atoms with Crippen molar-refractivity contribution in [3.63, 3.8) is 0 Å². The Labute approximate surface area is 363 Å². The van der Waals surface area contributed by atoms with Crippen molar-refractivity contribution >= 4 is 71.6 Å². The molecule has 0 saturated carbocycles. The van der Waals surface area contributed by atoms with Crippen LogP contribution in [-0.2, 0) is 5.41 Å². The monoisotopic (exact) mass is 804 g/mol. The topological polar surface area (TPSA) is 30.5 Å². The van der Waals surface area contributed by atoms with Gasteiger partial charge in [0.2, 0.25) is 0 Å². The number of hydrogen-bond donors (Lipinski definition) is 0. The van der Waals surface area contributed by atoms with Crippen LogP contribution in [0.1, 0.15) is 22.3 Å². The lowest BCUT2D eigenvalue weighted by Gasteiger charge is -2.45. The van der Waals surface area contributed by atoms with Gasteiger partial charge >= 0.3 is 0 Å². The SMILES string of the molecule is c1ccc(-n2c3ccccc3c3cc(N(c4ccc5c(c4)Oc4ccccc4C54c5ccccc5-c5cccc6cccc4c56)c4cccc5oc6ccccc6c45)ccc32)cc1. The second kappa shape index (κ2) is 12.8. The van der Waals surface area contributed by atoms with Gasteiger partial charge in [-0.25, -0.2) is 0 Å². The highest BCUT2D eigenvalue weighted by molar-refractivity contribution is 6.15. The van der Waals surface area contributed by atoms with Crippen LogP contribution in [-0.4, -0.2) is 4.57 Å². The first-order chi connectivity index (χ1) is 31.3. The number of ether oxygens (including phenoxy) is 1. The Bertz CT molecular complexity index is 3850. The number of anilines is 3. The Morgan fingerprint density at radius 3 is 1.97 bits per heavy atom. The van der Waals surface area contributed by atoms with Crippen LogP contribution in [0, 0.1) is 0 Å². The molecule has 0 saturated heterocycles. The van der Waals surface area contributed by atoms with Gasteiger partial charge in [0.05, 0.1) is 27.5 Å². The molecule has 1 spiro atoms. The van der Waals surface area contributed by atoms with E-state index in [-0.39, 0.29) is 0 Å². The average molecular weight is 805 g/mol. The van der Waals surface area contributed by atoms with E-state index in [2.05, 4.69) is 222 Å². The maximum Gasteiger partial charge on any atom is 0.137 e. The van der Waals surface area contributed by atoms with Gasteiger partial charge in [0, 0.05) is 50.4 Å². The molecule has 3 heterocycles. The van der Waals surface area contributed by atoms with Crippen molar-refractivity contribution in [3.05, 3.63) is 241 Å². The number of nitrogens with zero attached hydrogens (tertiary/aromatic N) is 2. The number of rotatable bonds is 4. The maximum absolute atomic E-state index is 7.14. The molecule has 4 heteroatoms. The summed E-state index contributed by atoms with van der Waals surface area (Å²) in [6.45, 7) is 0. The molecule has 0 bridgehead atoms. The molecule has 14 rings (SSSR count). The third kappa shape index (κ3) is 4.64. The molecule has 0 N–H and O–H groups in total. The lowest BCUT2D eigenvalue weighted by molar-refractivity contribution is 0.435. The molecule has 0 fully saturated rings. The summed E-state index contributed by atoms with van der Waals surface area (Å²) >= 11 is 0. The van der Waals surface area contributed by atoms with Gasteiger partial charge in [-0.15, -0.1) is 0 Å². The Kier molecular flexibility index (Phi) is 7.01. The Morgan fingerprint density at radius 1 is 0.397 bits per heavy atom. The van der Waals surface area contributed by atoms with E-state index in [9.17, 15) is 0 Å². The van der Waals surface area contributed by atoms with E-state index in [1.54, 1.807) is 0 Å². The highest BCUT2D eigenvalue weighted by atomic mass is 16.5. The molecule has 0 amide bonds. The number of aromatic nitrogens is 1. The Hall–Kier alpha value is -8.34. The van der Waals surface area contributed by atoms with Gasteiger partial charge in [-0.2, -0.15) is 0 Å². The summed E-state index contributed by atoms with van der Waals surface area (Å²) in [5.74, 6) is 1.69. The molecule has 10 aromatic carbocycles. The standard InChI is InChI=1S/C59H36N2O2/c1-2-17-38(18-3-1)61-50-26-9-5-20-42(50)45-35-39(32-34-51(45)61)60(52-27-14-30-55-58(52)44-21-6-10-28-53(44)62-55)40-31-33-48-56(36-40)63-54-29-11-8-24-47(54)59(48)46-23-7-4-19-41(46)43-22-12-15-37-16-13-25-49(59)57(37)43/h1-36H. The van der Waals surface area contributed by atoms with E-state index in [0.29, 0.717) is 0 Å². The fraction of sp³-hybridized carbons (Fsp3) is 0.0169. The highest BCUT2D eigenvalue weighted by Crippen LogP contribution is 2.62. The van der Waals surface area contributed by atoms with Crippen molar-refractivity contribution in [1.29, 1.82) is 0 Å². The number of hydrogen-bond acceptors (Lipinski definition) is 3. The van der Waals surface area contributed by atoms with Crippen molar-refractivity contribution in [2.45, 2.75) is 5.41 Å². The van der Waals surface area contributed by atoms with Crippen molar-refractivity contribution in [2.75, 3.05) is 4.90 Å². The lowest BCUT2D eigenvalue weighted by atomic mass is 9.58. The second-order valence-corrected chi connectivity index (χ2v) is 16.8. The molecule has 4 nitrogen and oxygen atoms in total. The molecule has 63 heavy (non-hydrogen) atoms. The third-order valence-corrected chi connectivity index (χ3v) is 13.6. The van der Waals surface area contributed by atoms with Gasteiger partial charge in [0.15, 0.2) is 0 Å². The zero-order valence-corrected chi connectivity index (χ0v) is 34.0. The first kappa shape index (κ1) is 34.4. The predicted octanol–water partition coefficient (Wildman–Crippen LogP) is 15.8. The molecule has 2 aromatic heterocycles. The van der Waals surface area contributed by atoms with Gasteiger partial charge in [0.1, 0.15) is 22.7 Å². The van der Waals surface area contributed by atoms with Crippen LogP contribution in [0.15, 0.2) is 223 Å². The fourth-order valence-corrected chi connectivity index (χ4v) is 11.1. The van der Waals surface area contributed by atoms with Crippen molar-refractivity contribution in [3.8, 4) is 28.3 Å². The molecule has 1 unspecified atom stereocenters. The quantitative estimate of drug-likeness (QED) is 0.178. The van der Waals surface area contributed by atoms with Crippen LogP contribution in [0.2, 0.25) is 0 Å². The van der Waals surface area contributed by atoms with E-state index in [1.165, 1.54) is 49.3 Å². The van der Waals surface area contributed by atoms with Crippen LogP contribution in [0.4, 0.5) is 17.1 Å². The van der Waals surface area contributed by atoms with Crippen molar-refractivity contribution in [2.24, 2.45) is 0 Å². The molecular weight excluding hydrogens is 769 g/mol. The largest absolute Gasteiger partial charge is 0.457 e. The van der Waals surface area contributed by atoms with Crippen molar-refractivity contribution in [1.82, 2.24) is 4.57 Å². The molecule has 1 atom stereocenters. The van der Waals surface area contributed by atoms with E-state index in [0.717, 1.165) is 72.8 Å². The summed E-state index contributed by atoms with van der Waals surface area (Å²) in [6.07, 6.45) is 0. The van der Waals surface area contributed by atoms with Gasteiger partial charge in [-0.1, -0.05) is 146 Å². The lowest BCUT2D eigenvalue weighted by Crippen LogP contribution is -2.36. The predicted molar refractivity (Wildman–Crippen MR) is 258 cm³/mol. The molecule has 1 aliphatic heterocycles. The highest BCUT2D eigenvalue weighted by Gasteiger charge is 2.49. The minimum absolute atomic E-state index is 0.628. The van der Waals surface area contributed by atoms with Crippen LogP contribution >= 0.6 is 0 Å². The summed E-state index contributed by atoms with van der Waals surface area (Å²) in [6, 6.07) is 78.9. The van der Waals surface area contributed by atoms with Gasteiger partial charge in [0.25, 0.3) is 0 Å². The zero-order chi connectivity index (χ0) is 41.2.